The third kappa shape index (κ3) is 5.15. The van der Waals surface area contributed by atoms with E-state index < -0.39 is 5.97 Å². The maximum atomic E-state index is 11.9. The second-order valence-corrected chi connectivity index (χ2v) is 5.40. The number of nitriles is 1. The number of hydrogen-bond donors (Lipinski definition) is 0. The maximum Gasteiger partial charge on any atom is 0.349 e. The molecule has 2 aromatic rings. The summed E-state index contributed by atoms with van der Waals surface area (Å²) in [7, 11) is 0. The van der Waals surface area contributed by atoms with E-state index in [1.807, 2.05) is 37.3 Å². The summed E-state index contributed by atoms with van der Waals surface area (Å²) in [6, 6.07) is 16.4. The molecule has 5 heteroatoms. The number of para-hydroxylation sites is 1. The van der Waals surface area contributed by atoms with Crippen molar-refractivity contribution in [1.82, 2.24) is 0 Å². The van der Waals surface area contributed by atoms with Gasteiger partial charge in [0.25, 0.3) is 0 Å². The van der Waals surface area contributed by atoms with Crippen molar-refractivity contribution in [1.29, 1.82) is 5.26 Å². The highest BCUT2D eigenvalue weighted by molar-refractivity contribution is 6.32. The molecule has 0 bridgehead atoms. The van der Waals surface area contributed by atoms with Gasteiger partial charge >= 0.3 is 5.97 Å². The van der Waals surface area contributed by atoms with Gasteiger partial charge in [-0.2, -0.15) is 5.26 Å². The van der Waals surface area contributed by atoms with Crippen LogP contribution in [0.25, 0.3) is 6.08 Å². The van der Waals surface area contributed by atoms with Crippen LogP contribution in [0.15, 0.2) is 54.1 Å². The normalized spacial score (nSPS) is 10.8. The summed E-state index contributed by atoms with van der Waals surface area (Å²) in [5.74, 6) is -0.160. The zero-order valence-corrected chi connectivity index (χ0v) is 13.9. The van der Waals surface area contributed by atoms with E-state index in [2.05, 4.69) is 0 Å². The van der Waals surface area contributed by atoms with E-state index in [1.54, 1.807) is 24.3 Å². The molecular weight excluding hydrogens is 326 g/mol. The van der Waals surface area contributed by atoms with Crippen molar-refractivity contribution in [3.05, 3.63) is 70.3 Å². The third-order valence-corrected chi connectivity index (χ3v) is 3.45. The van der Waals surface area contributed by atoms with Crippen molar-refractivity contribution in [2.75, 3.05) is 13.2 Å². The van der Waals surface area contributed by atoms with Crippen molar-refractivity contribution in [3.8, 4) is 11.8 Å². The number of esters is 1. The van der Waals surface area contributed by atoms with Crippen molar-refractivity contribution in [2.24, 2.45) is 0 Å². The fourth-order valence-electron chi connectivity index (χ4n) is 1.89. The van der Waals surface area contributed by atoms with Crippen LogP contribution in [-0.4, -0.2) is 19.2 Å². The van der Waals surface area contributed by atoms with Crippen LogP contribution < -0.4 is 4.74 Å². The predicted molar refractivity (Wildman–Crippen MR) is 92.7 cm³/mol. The van der Waals surface area contributed by atoms with E-state index in [0.29, 0.717) is 10.8 Å². The summed E-state index contributed by atoms with van der Waals surface area (Å²) in [4.78, 5) is 11.9. The molecule has 4 nitrogen and oxygen atoms in total. The first-order valence-electron chi connectivity index (χ1n) is 7.33. The SMILES string of the molecule is Cc1ccc(/C=C(\C#N)C(=O)OCCOc2ccccc2Cl)cc1. The van der Waals surface area contributed by atoms with Crippen LogP contribution in [0.2, 0.25) is 5.02 Å². The molecule has 0 amide bonds. The highest BCUT2D eigenvalue weighted by atomic mass is 35.5. The number of benzene rings is 2. The van der Waals surface area contributed by atoms with Gasteiger partial charge < -0.3 is 9.47 Å². The molecule has 0 unspecified atom stereocenters. The lowest BCUT2D eigenvalue weighted by Gasteiger charge is -2.08. The number of nitrogens with zero attached hydrogens (tertiary/aromatic N) is 1. The summed E-state index contributed by atoms with van der Waals surface area (Å²) in [5, 5.41) is 9.60. The second-order valence-electron chi connectivity index (χ2n) is 5.00. The fraction of sp³-hybridized carbons (Fsp3) is 0.158. The van der Waals surface area contributed by atoms with Crippen LogP contribution in [0.3, 0.4) is 0 Å². The first-order valence-corrected chi connectivity index (χ1v) is 7.71. The lowest BCUT2D eigenvalue weighted by atomic mass is 10.1. The van der Waals surface area contributed by atoms with E-state index in [0.717, 1.165) is 11.1 Å². The Morgan fingerprint density at radius 3 is 2.54 bits per heavy atom. The summed E-state index contributed by atoms with van der Waals surface area (Å²) in [6.07, 6.45) is 1.50. The summed E-state index contributed by atoms with van der Waals surface area (Å²) in [5.41, 5.74) is 1.81. The van der Waals surface area contributed by atoms with Gasteiger partial charge in [0.15, 0.2) is 0 Å². The molecule has 0 aliphatic rings. The van der Waals surface area contributed by atoms with E-state index in [1.165, 1.54) is 6.08 Å². The Kier molecular flexibility index (Phi) is 6.41. The lowest BCUT2D eigenvalue weighted by molar-refractivity contribution is -0.139. The fourth-order valence-corrected chi connectivity index (χ4v) is 2.08. The van der Waals surface area contributed by atoms with Crippen LogP contribution in [0.1, 0.15) is 11.1 Å². The predicted octanol–water partition coefficient (Wildman–Crippen LogP) is 4.18. The molecule has 0 radical (unpaired) electrons. The molecule has 0 saturated carbocycles. The van der Waals surface area contributed by atoms with Gasteiger partial charge in [0.05, 0.1) is 5.02 Å². The average Bonchev–Trinajstić information content (AvgIpc) is 2.59. The second kappa shape index (κ2) is 8.76. The van der Waals surface area contributed by atoms with E-state index in [4.69, 9.17) is 26.3 Å². The minimum atomic E-state index is -0.680. The molecule has 0 heterocycles. The largest absolute Gasteiger partial charge is 0.488 e. The molecular formula is C19H16ClNO3. The quantitative estimate of drug-likeness (QED) is 0.342. The summed E-state index contributed by atoms with van der Waals surface area (Å²) < 4.78 is 10.5. The molecule has 0 aromatic heterocycles. The Labute approximate surface area is 145 Å². The summed E-state index contributed by atoms with van der Waals surface area (Å²) >= 11 is 5.96. The van der Waals surface area contributed by atoms with Gasteiger partial charge in [-0.25, -0.2) is 4.79 Å². The summed E-state index contributed by atoms with van der Waals surface area (Å²) in [6.45, 7) is 2.14. The molecule has 0 aliphatic heterocycles. The number of carbonyl (C=O) groups is 1. The Morgan fingerprint density at radius 2 is 1.88 bits per heavy atom. The van der Waals surface area contributed by atoms with Gasteiger partial charge in [-0.3, -0.25) is 0 Å². The first kappa shape index (κ1) is 17.6. The monoisotopic (exact) mass is 341 g/mol. The molecule has 0 fully saturated rings. The van der Waals surface area contributed by atoms with Crippen LogP contribution in [0, 0.1) is 18.3 Å². The molecule has 0 atom stereocenters. The van der Waals surface area contributed by atoms with Crippen LogP contribution in [0.4, 0.5) is 0 Å². The Balaban J connectivity index is 1.87. The van der Waals surface area contributed by atoms with Crippen molar-refractivity contribution in [3.63, 3.8) is 0 Å². The highest BCUT2D eigenvalue weighted by Crippen LogP contribution is 2.22. The molecule has 0 spiro atoms. The number of ether oxygens (including phenoxy) is 2. The van der Waals surface area contributed by atoms with Gasteiger partial charge in [0.1, 0.15) is 30.6 Å². The molecule has 24 heavy (non-hydrogen) atoms. The molecule has 0 aliphatic carbocycles. The number of aryl methyl sites for hydroxylation is 1. The van der Waals surface area contributed by atoms with Crippen molar-refractivity contribution >= 4 is 23.6 Å². The first-order chi connectivity index (χ1) is 11.6. The van der Waals surface area contributed by atoms with Crippen molar-refractivity contribution in [2.45, 2.75) is 6.92 Å². The average molecular weight is 342 g/mol. The Hall–Kier alpha value is -2.77. The molecule has 2 rings (SSSR count). The number of carbonyl (C=O) groups excluding carboxylic acids is 1. The molecule has 122 valence electrons. The van der Waals surface area contributed by atoms with Gasteiger partial charge in [-0.15, -0.1) is 0 Å². The third-order valence-electron chi connectivity index (χ3n) is 3.14. The van der Waals surface area contributed by atoms with Crippen LogP contribution in [0.5, 0.6) is 5.75 Å². The topological polar surface area (TPSA) is 59.3 Å². The standard InChI is InChI=1S/C19H16ClNO3/c1-14-6-8-15(9-7-14)12-16(13-21)19(22)24-11-10-23-18-5-3-2-4-17(18)20/h2-9,12H,10-11H2,1H3/b16-12+. The lowest BCUT2D eigenvalue weighted by Crippen LogP contribution is -2.13. The smallest absolute Gasteiger partial charge is 0.349 e. The molecule has 0 saturated heterocycles. The van der Waals surface area contributed by atoms with Crippen LogP contribution >= 0.6 is 11.6 Å². The Bertz CT molecular complexity index is 776. The van der Waals surface area contributed by atoms with E-state index in [9.17, 15) is 4.79 Å². The minimum absolute atomic E-state index is 0.0248. The number of rotatable bonds is 6. The zero-order chi connectivity index (χ0) is 17.4. The van der Waals surface area contributed by atoms with Gasteiger partial charge in [0.2, 0.25) is 0 Å². The molecule has 0 N–H and O–H groups in total. The Morgan fingerprint density at radius 1 is 1.17 bits per heavy atom. The minimum Gasteiger partial charge on any atom is -0.488 e. The van der Waals surface area contributed by atoms with Crippen LogP contribution in [-0.2, 0) is 9.53 Å². The maximum absolute atomic E-state index is 11.9. The van der Waals surface area contributed by atoms with E-state index >= 15 is 0 Å². The van der Waals surface area contributed by atoms with Gasteiger partial charge in [-0.1, -0.05) is 53.6 Å². The zero-order valence-electron chi connectivity index (χ0n) is 13.2. The molecule has 2 aromatic carbocycles. The van der Waals surface area contributed by atoms with Gasteiger partial charge in [-0.05, 0) is 30.7 Å². The van der Waals surface area contributed by atoms with Gasteiger partial charge in [0, 0.05) is 0 Å². The highest BCUT2D eigenvalue weighted by Gasteiger charge is 2.11. The van der Waals surface area contributed by atoms with Crippen molar-refractivity contribution < 1.29 is 14.3 Å². The number of halogens is 1. The number of hydrogen-bond acceptors (Lipinski definition) is 4. The van der Waals surface area contributed by atoms with E-state index in [-0.39, 0.29) is 18.8 Å².